The van der Waals surface area contributed by atoms with Gasteiger partial charge in [-0.2, -0.15) is 0 Å². The monoisotopic (exact) mass is 413 g/mol. The molecule has 0 spiro atoms. The third-order valence-corrected chi connectivity index (χ3v) is 7.37. The molecule has 1 aromatic carbocycles. The van der Waals surface area contributed by atoms with Gasteiger partial charge in [-0.25, -0.2) is 4.98 Å². The van der Waals surface area contributed by atoms with E-state index in [1.165, 1.54) is 17.3 Å². The van der Waals surface area contributed by atoms with Gasteiger partial charge in [0.1, 0.15) is 4.83 Å². The van der Waals surface area contributed by atoms with Crippen LogP contribution in [0, 0.1) is 13.8 Å². The van der Waals surface area contributed by atoms with E-state index in [0.29, 0.717) is 17.1 Å². The lowest BCUT2D eigenvalue weighted by molar-refractivity contribution is -0.116. The maximum atomic E-state index is 12.9. The number of thiophene rings is 1. The van der Waals surface area contributed by atoms with Crippen molar-refractivity contribution < 1.29 is 4.79 Å². The zero-order valence-corrected chi connectivity index (χ0v) is 18.0. The average molecular weight is 414 g/mol. The lowest BCUT2D eigenvalue weighted by Gasteiger charge is -2.29. The molecule has 0 radical (unpaired) electrons. The highest BCUT2D eigenvalue weighted by Crippen LogP contribution is 2.30. The van der Waals surface area contributed by atoms with Gasteiger partial charge in [-0.15, -0.1) is 11.3 Å². The van der Waals surface area contributed by atoms with Crippen LogP contribution in [-0.2, 0) is 17.8 Å². The Labute approximate surface area is 172 Å². The van der Waals surface area contributed by atoms with Crippen LogP contribution in [0.2, 0.25) is 0 Å². The van der Waals surface area contributed by atoms with Crippen LogP contribution in [0.1, 0.15) is 29.3 Å². The van der Waals surface area contributed by atoms with Crippen LogP contribution < -0.4 is 10.5 Å². The molecule has 1 amide bonds. The lowest BCUT2D eigenvalue weighted by atomic mass is 10.0. The number of amides is 1. The van der Waals surface area contributed by atoms with Crippen LogP contribution in [0.5, 0.6) is 0 Å². The number of carbonyl (C=O) groups excluding carboxylic acids is 1. The Morgan fingerprint density at radius 1 is 1.29 bits per heavy atom. The number of nitrogens with zero attached hydrogens (tertiary/aromatic N) is 3. The minimum absolute atomic E-state index is 0.00684. The summed E-state index contributed by atoms with van der Waals surface area (Å²) >= 11 is 2.91. The summed E-state index contributed by atoms with van der Waals surface area (Å²) in [6.07, 6.45) is 1.99. The van der Waals surface area contributed by atoms with Crippen LogP contribution in [0.25, 0.3) is 10.2 Å². The number of anilines is 1. The molecule has 7 heteroatoms. The highest BCUT2D eigenvalue weighted by molar-refractivity contribution is 7.99. The summed E-state index contributed by atoms with van der Waals surface area (Å²) in [7, 11) is 0. The van der Waals surface area contributed by atoms with Crippen LogP contribution in [0.3, 0.4) is 0 Å². The number of carbonyl (C=O) groups is 1. The number of aryl methyl sites for hydroxylation is 3. The van der Waals surface area contributed by atoms with Crippen molar-refractivity contribution in [2.45, 2.75) is 45.3 Å². The van der Waals surface area contributed by atoms with Gasteiger partial charge in [0.2, 0.25) is 5.91 Å². The van der Waals surface area contributed by atoms with E-state index in [1.807, 2.05) is 43.9 Å². The van der Waals surface area contributed by atoms with E-state index < -0.39 is 0 Å². The van der Waals surface area contributed by atoms with E-state index in [-0.39, 0.29) is 17.2 Å². The number of fused-ring (bicyclic) bond motifs is 2. The molecule has 0 bridgehead atoms. The highest BCUT2D eigenvalue weighted by atomic mass is 32.2. The van der Waals surface area contributed by atoms with Crippen molar-refractivity contribution in [1.82, 2.24) is 9.55 Å². The van der Waals surface area contributed by atoms with Crippen molar-refractivity contribution in [2.75, 3.05) is 17.2 Å². The Kier molecular flexibility index (Phi) is 5.29. The Morgan fingerprint density at radius 2 is 2.07 bits per heavy atom. The van der Waals surface area contributed by atoms with Gasteiger partial charge in [-0.05, 0) is 50.8 Å². The van der Waals surface area contributed by atoms with Crippen LogP contribution >= 0.6 is 23.1 Å². The summed E-state index contributed by atoms with van der Waals surface area (Å²) < 4.78 is 1.68. The maximum absolute atomic E-state index is 12.9. The van der Waals surface area contributed by atoms with Crippen molar-refractivity contribution in [3.63, 3.8) is 0 Å². The largest absolute Gasteiger partial charge is 0.311 e. The molecule has 0 aliphatic carbocycles. The predicted molar refractivity (Wildman–Crippen MR) is 117 cm³/mol. The van der Waals surface area contributed by atoms with Crippen molar-refractivity contribution in [1.29, 1.82) is 0 Å². The minimum Gasteiger partial charge on any atom is -0.311 e. The second-order valence-electron chi connectivity index (χ2n) is 6.97. The Morgan fingerprint density at radius 3 is 2.86 bits per heavy atom. The van der Waals surface area contributed by atoms with Crippen LogP contribution in [0.4, 0.5) is 5.69 Å². The van der Waals surface area contributed by atoms with Crippen molar-refractivity contribution in [2.24, 2.45) is 0 Å². The minimum atomic E-state index is -0.00684. The highest BCUT2D eigenvalue weighted by Gasteiger charge is 2.23. The van der Waals surface area contributed by atoms with Gasteiger partial charge in [0, 0.05) is 23.7 Å². The molecule has 0 saturated carbocycles. The standard InChI is InChI=1S/C21H23N3O2S2/c1-4-23-20(26)18-13(2)14(3)28-19(18)22-21(23)27-12-17(25)24-11-7-9-15-8-5-6-10-16(15)24/h5-6,8,10H,4,7,9,11-12H2,1-3H3. The van der Waals surface area contributed by atoms with Gasteiger partial charge in [-0.3, -0.25) is 14.2 Å². The maximum Gasteiger partial charge on any atom is 0.263 e. The molecule has 0 fully saturated rings. The second-order valence-corrected chi connectivity index (χ2v) is 9.12. The first-order valence-corrected chi connectivity index (χ1v) is 11.3. The molecule has 4 rings (SSSR count). The number of thioether (sulfide) groups is 1. The molecular weight excluding hydrogens is 390 g/mol. The average Bonchev–Trinajstić information content (AvgIpc) is 2.99. The molecule has 0 atom stereocenters. The van der Waals surface area contributed by atoms with E-state index in [4.69, 9.17) is 4.98 Å². The van der Waals surface area contributed by atoms with Gasteiger partial charge in [0.05, 0.1) is 11.1 Å². The summed E-state index contributed by atoms with van der Waals surface area (Å²) in [6.45, 7) is 7.21. The van der Waals surface area contributed by atoms with Gasteiger partial charge in [-0.1, -0.05) is 30.0 Å². The molecular formula is C21H23N3O2S2. The van der Waals surface area contributed by atoms with Gasteiger partial charge >= 0.3 is 0 Å². The van der Waals surface area contributed by atoms with Crippen LogP contribution in [0.15, 0.2) is 34.2 Å². The third kappa shape index (κ3) is 3.26. The van der Waals surface area contributed by atoms with E-state index in [9.17, 15) is 9.59 Å². The smallest absolute Gasteiger partial charge is 0.263 e. The van der Waals surface area contributed by atoms with E-state index in [0.717, 1.165) is 40.3 Å². The van der Waals surface area contributed by atoms with Crippen molar-refractivity contribution in [3.05, 3.63) is 50.6 Å². The molecule has 0 unspecified atom stereocenters. The molecule has 0 saturated heterocycles. The van der Waals surface area contributed by atoms with E-state index >= 15 is 0 Å². The van der Waals surface area contributed by atoms with Crippen molar-refractivity contribution in [3.8, 4) is 0 Å². The summed E-state index contributed by atoms with van der Waals surface area (Å²) in [4.78, 5) is 34.4. The molecule has 3 heterocycles. The number of hydrogen-bond donors (Lipinski definition) is 0. The first kappa shape index (κ1) is 19.2. The molecule has 1 aliphatic heterocycles. The molecule has 0 N–H and O–H groups in total. The topological polar surface area (TPSA) is 55.2 Å². The molecule has 5 nitrogen and oxygen atoms in total. The van der Waals surface area contributed by atoms with Crippen LogP contribution in [-0.4, -0.2) is 27.8 Å². The summed E-state index contributed by atoms with van der Waals surface area (Å²) in [5.41, 5.74) is 3.24. The van der Waals surface area contributed by atoms with E-state index in [1.54, 1.807) is 15.9 Å². The zero-order valence-electron chi connectivity index (χ0n) is 16.3. The number of para-hydroxylation sites is 1. The third-order valence-electron chi connectivity index (χ3n) is 5.31. The summed E-state index contributed by atoms with van der Waals surface area (Å²) in [5.74, 6) is 0.336. The quantitative estimate of drug-likeness (QED) is 0.476. The van der Waals surface area contributed by atoms with Gasteiger partial charge in [0.25, 0.3) is 5.56 Å². The lowest BCUT2D eigenvalue weighted by Crippen LogP contribution is -2.36. The fourth-order valence-corrected chi connectivity index (χ4v) is 5.70. The van der Waals surface area contributed by atoms with Gasteiger partial charge in [0.15, 0.2) is 5.16 Å². The number of rotatable bonds is 4. The SMILES string of the molecule is CCn1c(SCC(=O)N2CCCc3ccccc32)nc2sc(C)c(C)c2c1=O. The molecule has 28 heavy (non-hydrogen) atoms. The summed E-state index contributed by atoms with van der Waals surface area (Å²) in [5, 5.41) is 1.34. The second kappa shape index (κ2) is 7.72. The van der Waals surface area contributed by atoms with Crippen molar-refractivity contribution >= 4 is 44.9 Å². The molecule has 2 aromatic heterocycles. The Balaban J connectivity index is 1.61. The number of hydrogen-bond acceptors (Lipinski definition) is 5. The molecule has 1 aliphatic rings. The summed E-state index contributed by atoms with van der Waals surface area (Å²) in [6, 6.07) is 8.10. The van der Waals surface area contributed by atoms with E-state index in [2.05, 4.69) is 6.07 Å². The number of aromatic nitrogens is 2. The Hall–Kier alpha value is -2.12. The normalized spacial score (nSPS) is 13.8. The predicted octanol–water partition coefficient (Wildman–Crippen LogP) is 4.17. The number of benzene rings is 1. The Bertz CT molecular complexity index is 1120. The molecule has 146 valence electrons. The fraction of sp³-hybridized carbons (Fsp3) is 0.381. The first-order chi connectivity index (χ1) is 13.5. The van der Waals surface area contributed by atoms with Gasteiger partial charge < -0.3 is 4.90 Å². The fourth-order valence-electron chi connectivity index (χ4n) is 3.69. The zero-order chi connectivity index (χ0) is 19.8. The molecule has 3 aromatic rings. The first-order valence-electron chi connectivity index (χ1n) is 9.52.